The molecular formula is C13H25N3. The van der Waals surface area contributed by atoms with E-state index in [0.717, 1.165) is 11.5 Å². The van der Waals surface area contributed by atoms with E-state index in [1.54, 1.807) is 0 Å². The van der Waals surface area contributed by atoms with Crippen LogP contribution < -0.4 is 0 Å². The highest BCUT2D eigenvalue weighted by Crippen LogP contribution is 2.50. The maximum absolute atomic E-state index is 2.70. The average molecular weight is 223 g/mol. The third kappa shape index (κ3) is 1.89. The summed E-state index contributed by atoms with van der Waals surface area (Å²) in [5.41, 5.74) is 0.748. The van der Waals surface area contributed by atoms with Crippen molar-refractivity contribution in [3.8, 4) is 0 Å². The zero-order valence-corrected chi connectivity index (χ0v) is 10.8. The van der Waals surface area contributed by atoms with Gasteiger partial charge in [-0.05, 0) is 58.3 Å². The molecule has 0 aromatic carbocycles. The van der Waals surface area contributed by atoms with Gasteiger partial charge in [-0.3, -0.25) is 9.80 Å². The lowest BCUT2D eigenvalue weighted by atomic mass is 9.60. The quantitative estimate of drug-likeness (QED) is 0.658. The Morgan fingerprint density at radius 1 is 0.875 bits per heavy atom. The minimum atomic E-state index is 0.748. The molecule has 3 rings (SSSR count). The molecule has 0 bridgehead atoms. The SMILES string of the molecule is CN1CCC2(CC1)CC(N1CCN(C)C1)C2. The Labute approximate surface area is 99.4 Å². The zero-order chi connectivity index (χ0) is 11.2. The van der Waals surface area contributed by atoms with Gasteiger partial charge in [-0.2, -0.15) is 0 Å². The minimum absolute atomic E-state index is 0.748. The molecule has 0 N–H and O–H groups in total. The average Bonchev–Trinajstić information content (AvgIpc) is 2.63. The van der Waals surface area contributed by atoms with Crippen molar-refractivity contribution in [2.75, 3.05) is 46.9 Å². The van der Waals surface area contributed by atoms with E-state index >= 15 is 0 Å². The highest BCUT2D eigenvalue weighted by Gasteiger charge is 2.47. The monoisotopic (exact) mass is 223 g/mol. The van der Waals surface area contributed by atoms with Crippen LogP contribution in [0.5, 0.6) is 0 Å². The van der Waals surface area contributed by atoms with Crippen molar-refractivity contribution in [2.45, 2.75) is 31.7 Å². The van der Waals surface area contributed by atoms with E-state index in [1.165, 1.54) is 58.5 Å². The Kier molecular flexibility index (Phi) is 2.73. The highest BCUT2D eigenvalue weighted by molar-refractivity contribution is 5.01. The smallest absolute Gasteiger partial charge is 0.0507 e. The normalized spacial score (nSPS) is 33.4. The van der Waals surface area contributed by atoms with E-state index in [1.807, 2.05) is 0 Å². The fourth-order valence-corrected chi connectivity index (χ4v) is 3.75. The summed E-state index contributed by atoms with van der Waals surface area (Å²) in [5, 5.41) is 0. The Morgan fingerprint density at radius 2 is 1.56 bits per heavy atom. The molecular weight excluding hydrogens is 198 g/mol. The molecule has 0 aromatic rings. The van der Waals surface area contributed by atoms with E-state index in [2.05, 4.69) is 28.8 Å². The van der Waals surface area contributed by atoms with Gasteiger partial charge in [0.25, 0.3) is 0 Å². The molecule has 1 spiro atoms. The Bertz CT molecular complexity index is 250. The van der Waals surface area contributed by atoms with Gasteiger partial charge in [0.2, 0.25) is 0 Å². The topological polar surface area (TPSA) is 9.72 Å². The van der Waals surface area contributed by atoms with E-state index in [4.69, 9.17) is 0 Å². The van der Waals surface area contributed by atoms with Crippen LogP contribution in [-0.4, -0.2) is 67.7 Å². The second-order valence-electron chi connectivity index (χ2n) is 6.40. The summed E-state index contributed by atoms with van der Waals surface area (Å²) >= 11 is 0. The lowest BCUT2D eigenvalue weighted by Gasteiger charge is -2.54. The molecule has 92 valence electrons. The molecule has 2 heterocycles. The van der Waals surface area contributed by atoms with Crippen molar-refractivity contribution in [3.05, 3.63) is 0 Å². The molecule has 3 fully saturated rings. The lowest BCUT2D eigenvalue weighted by Crippen LogP contribution is -2.54. The number of hydrogen-bond acceptors (Lipinski definition) is 3. The van der Waals surface area contributed by atoms with Crippen molar-refractivity contribution in [2.24, 2.45) is 5.41 Å². The molecule has 1 saturated carbocycles. The fourth-order valence-electron chi connectivity index (χ4n) is 3.75. The van der Waals surface area contributed by atoms with Gasteiger partial charge < -0.3 is 4.90 Å². The molecule has 3 heteroatoms. The van der Waals surface area contributed by atoms with Crippen molar-refractivity contribution < 1.29 is 0 Å². The number of likely N-dealkylation sites (tertiary alicyclic amines) is 1. The third-order valence-electron chi connectivity index (χ3n) is 5.09. The van der Waals surface area contributed by atoms with Gasteiger partial charge in [0.15, 0.2) is 0 Å². The standard InChI is InChI=1S/C13H25N3/c1-14-5-3-13(4-6-14)9-12(10-13)16-8-7-15(2)11-16/h12H,3-11H2,1-2H3. The van der Waals surface area contributed by atoms with Crippen LogP contribution in [0.1, 0.15) is 25.7 Å². The molecule has 0 atom stereocenters. The predicted molar refractivity (Wildman–Crippen MR) is 66.4 cm³/mol. The Balaban J connectivity index is 1.50. The van der Waals surface area contributed by atoms with E-state index in [9.17, 15) is 0 Å². The second-order valence-corrected chi connectivity index (χ2v) is 6.40. The first-order valence-corrected chi connectivity index (χ1v) is 6.78. The van der Waals surface area contributed by atoms with Crippen LogP contribution in [0.25, 0.3) is 0 Å². The van der Waals surface area contributed by atoms with Crippen LogP contribution >= 0.6 is 0 Å². The molecule has 2 saturated heterocycles. The summed E-state index contributed by atoms with van der Waals surface area (Å²) in [4.78, 5) is 7.63. The molecule has 3 aliphatic rings. The molecule has 2 aliphatic heterocycles. The summed E-state index contributed by atoms with van der Waals surface area (Å²) in [6.45, 7) is 6.43. The lowest BCUT2D eigenvalue weighted by molar-refractivity contribution is -0.0348. The number of likely N-dealkylation sites (N-methyl/N-ethyl adjacent to an activating group) is 1. The van der Waals surface area contributed by atoms with Gasteiger partial charge in [0, 0.05) is 19.1 Å². The van der Waals surface area contributed by atoms with Gasteiger partial charge in [-0.1, -0.05) is 0 Å². The summed E-state index contributed by atoms with van der Waals surface area (Å²) < 4.78 is 0. The van der Waals surface area contributed by atoms with Crippen LogP contribution in [-0.2, 0) is 0 Å². The van der Waals surface area contributed by atoms with Gasteiger partial charge in [0.05, 0.1) is 6.67 Å². The van der Waals surface area contributed by atoms with E-state index in [0.29, 0.717) is 0 Å². The molecule has 0 radical (unpaired) electrons. The number of hydrogen-bond donors (Lipinski definition) is 0. The number of nitrogens with zero attached hydrogens (tertiary/aromatic N) is 3. The van der Waals surface area contributed by atoms with Crippen LogP contribution in [0.15, 0.2) is 0 Å². The van der Waals surface area contributed by atoms with Crippen molar-refractivity contribution >= 4 is 0 Å². The van der Waals surface area contributed by atoms with Crippen LogP contribution in [0.4, 0.5) is 0 Å². The summed E-state index contributed by atoms with van der Waals surface area (Å²) in [6, 6.07) is 0.911. The Hall–Kier alpha value is -0.120. The maximum atomic E-state index is 2.70. The molecule has 1 aliphatic carbocycles. The molecule has 0 aromatic heterocycles. The van der Waals surface area contributed by atoms with Gasteiger partial charge >= 0.3 is 0 Å². The minimum Gasteiger partial charge on any atom is -0.306 e. The summed E-state index contributed by atoms with van der Waals surface area (Å²) in [7, 11) is 4.50. The van der Waals surface area contributed by atoms with Gasteiger partial charge in [0.1, 0.15) is 0 Å². The predicted octanol–water partition coefficient (Wildman–Crippen LogP) is 1.07. The zero-order valence-electron chi connectivity index (χ0n) is 10.8. The van der Waals surface area contributed by atoms with E-state index < -0.39 is 0 Å². The summed E-state index contributed by atoms with van der Waals surface area (Å²) in [5.74, 6) is 0. The van der Waals surface area contributed by atoms with Crippen LogP contribution in [0.3, 0.4) is 0 Å². The fraction of sp³-hybridized carbons (Fsp3) is 1.00. The molecule has 0 amide bonds. The summed E-state index contributed by atoms with van der Waals surface area (Å²) in [6.07, 6.45) is 5.86. The van der Waals surface area contributed by atoms with Crippen molar-refractivity contribution in [1.82, 2.24) is 14.7 Å². The number of rotatable bonds is 1. The largest absolute Gasteiger partial charge is 0.306 e. The van der Waals surface area contributed by atoms with Gasteiger partial charge in [-0.15, -0.1) is 0 Å². The van der Waals surface area contributed by atoms with Crippen LogP contribution in [0, 0.1) is 5.41 Å². The van der Waals surface area contributed by atoms with Crippen molar-refractivity contribution in [3.63, 3.8) is 0 Å². The Morgan fingerprint density at radius 3 is 2.12 bits per heavy atom. The van der Waals surface area contributed by atoms with Crippen LogP contribution in [0.2, 0.25) is 0 Å². The van der Waals surface area contributed by atoms with Crippen molar-refractivity contribution in [1.29, 1.82) is 0 Å². The van der Waals surface area contributed by atoms with E-state index in [-0.39, 0.29) is 0 Å². The first-order chi connectivity index (χ1) is 7.67. The second kappa shape index (κ2) is 3.97. The van der Waals surface area contributed by atoms with Gasteiger partial charge in [-0.25, -0.2) is 0 Å². The number of piperidine rings is 1. The molecule has 3 nitrogen and oxygen atoms in total. The third-order valence-corrected chi connectivity index (χ3v) is 5.09. The highest BCUT2D eigenvalue weighted by atomic mass is 15.4. The first kappa shape index (κ1) is 11.0. The maximum Gasteiger partial charge on any atom is 0.0507 e. The first-order valence-electron chi connectivity index (χ1n) is 6.78. The molecule has 16 heavy (non-hydrogen) atoms. The molecule has 0 unspecified atom stereocenters.